The van der Waals surface area contributed by atoms with Crippen molar-refractivity contribution in [2.75, 3.05) is 0 Å². The first-order valence-electron chi connectivity index (χ1n) is 42.0. The first kappa shape index (κ1) is 76.5. The number of nitrogens with zero attached hydrogens (tertiary/aromatic N) is 16. The highest BCUT2D eigenvalue weighted by Gasteiger charge is 2.38. The van der Waals surface area contributed by atoms with Gasteiger partial charge in [-0.3, -0.25) is 35.4 Å². The van der Waals surface area contributed by atoms with Crippen LogP contribution in [-0.4, -0.2) is 128 Å². The van der Waals surface area contributed by atoms with Gasteiger partial charge in [0.15, 0.2) is 5.58 Å². The predicted octanol–water partition coefficient (Wildman–Crippen LogP) is 19.8. The molecule has 31 heteroatoms. The van der Waals surface area contributed by atoms with E-state index < -0.39 is 11.9 Å². The number of alkyl halides is 3. The first-order valence-corrected chi connectivity index (χ1v) is 42.7. The largest absolute Gasteiger partial charge is 0.433 e. The van der Waals surface area contributed by atoms with E-state index in [0.29, 0.717) is 35.5 Å². The lowest BCUT2D eigenvalue weighted by Crippen LogP contribution is -2.15. The van der Waals surface area contributed by atoms with Crippen molar-refractivity contribution in [3.05, 3.63) is 195 Å². The summed E-state index contributed by atoms with van der Waals surface area (Å²) in [6.07, 6.45) is 33.3. The monoisotopic (exact) mass is 1660 g/mol. The van der Waals surface area contributed by atoms with Crippen molar-refractivity contribution in [1.29, 1.82) is 0 Å². The Kier molecular flexibility index (Phi) is 19.3. The molecule has 0 saturated heterocycles. The molecule has 15 heterocycles. The van der Waals surface area contributed by atoms with Crippen LogP contribution in [0.2, 0.25) is 0 Å². The smallest absolute Gasteiger partial charge is 0.409 e. The topological polar surface area (TPSA) is 372 Å². The molecule has 0 spiro atoms. The maximum absolute atomic E-state index is 13.4. The van der Waals surface area contributed by atoms with Gasteiger partial charge >= 0.3 is 6.18 Å². The molecular formula is C92H83F3N24O3S. The van der Waals surface area contributed by atoms with Crippen molar-refractivity contribution in [3.8, 4) is 62.2 Å². The van der Waals surface area contributed by atoms with Crippen LogP contribution in [0.1, 0.15) is 163 Å². The summed E-state index contributed by atoms with van der Waals surface area (Å²) >= 11 is 1.56. The molecule has 0 bridgehead atoms. The van der Waals surface area contributed by atoms with E-state index in [1.165, 1.54) is 126 Å². The number of carbonyl (C=O) groups excluding carboxylic acids is 1. The summed E-state index contributed by atoms with van der Waals surface area (Å²) in [5.74, 6) is 0.332. The number of nitrogens with one attached hydrogen (secondary N) is 8. The minimum Gasteiger partial charge on any atom is -0.409 e. The number of hydrogen-bond acceptors (Lipinski definition) is 20. The van der Waals surface area contributed by atoms with Crippen LogP contribution < -0.4 is 4.74 Å². The third-order valence-electron chi connectivity index (χ3n) is 25.2. The number of fused-ring (bicyclic) bond motifs is 25. The number of aromatic nitrogens is 24. The second kappa shape index (κ2) is 31.0. The fourth-order valence-electron chi connectivity index (χ4n) is 19.6. The molecule has 0 fully saturated rings. The third-order valence-corrected chi connectivity index (χ3v) is 25.9. The van der Waals surface area contributed by atoms with Crippen LogP contribution in [0, 0.1) is 13.8 Å². The van der Waals surface area contributed by atoms with Gasteiger partial charge in [0.1, 0.15) is 16.7 Å². The zero-order valence-corrected chi connectivity index (χ0v) is 68.9. The number of rotatable bonds is 7. The van der Waals surface area contributed by atoms with Gasteiger partial charge in [-0.05, 0) is 270 Å². The van der Waals surface area contributed by atoms with Crippen molar-refractivity contribution >= 4 is 126 Å². The van der Waals surface area contributed by atoms with E-state index in [1.54, 1.807) is 29.9 Å². The molecule has 5 aromatic carbocycles. The standard InChI is InChI=1S/C21H23N5.C18H15N5O2.C18H16N4O.C18H16N4S.C17H13F3N6/c1-21(2,3)20-15(11-23-26-20)19-13-7-5-4-6-12(13)18-14-10-22-25-16(14)8-9-17(18)24-19;24-9-25-18-13(8-20-23-18)17-11-4-2-1-3-10(11)16-12-7-19-22-14(12)5-6-15(16)21-17;2*1-10-13(8-19-22-10)18-12-5-3-2-4-11(12)17-14-9-20-23-16(14)7-6-15(17)21-18;18-17(19,20)16-10(7-21-25-16)14-9-4-2-1-3-8(9)13-11(22-14)5-6-12-15(13)24-26-23-12/h8-11H,4-7H2,1-3H3,(H,22,25)(H,23,26);5-9H,1-4H2,(H,19,22)(H,20,23);2*6-9H,2-5H2,1H3,(H,19,22);5-7H,1-4H2,(H,21,25)(H,23,24,26). The van der Waals surface area contributed by atoms with E-state index in [9.17, 15) is 18.0 Å². The highest BCUT2D eigenvalue weighted by atomic mass is 32.1. The lowest BCUT2D eigenvalue weighted by Gasteiger charge is -2.24. The van der Waals surface area contributed by atoms with Crippen molar-refractivity contribution in [2.45, 2.75) is 175 Å². The van der Waals surface area contributed by atoms with Gasteiger partial charge in [0.05, 0.1) is 138 Å². The van der Waals surface area contributed by atoms with Crippen molar-refractivity contribution < 1.29 is 27.2 Å². The lowest BCUT2D eigenvalue weighted by molar-refractivity contribution is -0.140. The van der Waals surface area contributed by atoms with E-state index in [0.717, 1.165) is 217 Å². The van der Waals surface area contributed by atoms with Crippen LogP contribution in [0.25, 0.3) is 165 Å². The molecule has 123 heavy (non-hydrogen) atoms. The highest BCUT2D eigenvalue weighted by molar-refractivity contribution is 7.13. The van der Waals surface area contributed by atoms with Gasteiger partial charge in [-0.25, -0.2) is 30.0 Å². The summed E-state index contributed by atoms with van der Waals surface area (Å²) in [7, 11) is 0. The Labute approximate surface area is 702 Å². The maximum atomic E-state index is 13.4. The number of ether oxygens (including phenoxy) is 1. The summed E-state index contributed by atoms with van der Waals surface area (Å²) in [4.78, 5) is 35.4. The normalized spacial score (nSPS) is 14.5. The van der Waals surface area contributed by atoms with E-state index >= 15 is 0 Å². The number of aromatic amines is 8. The van der Waals surface area contributed by atoms with Crippen molar-refractivity contribution in [1.82, 2.24) is 121 Å². The van der Waals surface area contributed by atoms with E-state index in [4.69, 9.17) is 29.2 Å². The molecule has 5 aliphatic rings. The van der Waals surface area contributed by atoms with Crippen LogP contribution in [0.3, 0.4) is 0 Å². The Balaban J connectivity index is 0.0000000945. The number of H-pyrrole nitrogens is 8. The quantitative estimate of drug-likeness (QED) is 0.0687. The van der Waals surface area contributed by atoms with Gasteiger partial charge in [0.2, 0.25) is 5.88 Å². The van der Waals surface area contributed by atoms with E-state index in [2.05, 4.69) is 153 Å². The van der Waals surface area contributed by atoms with Crippen LogP contribution in [0.5, 0.6) is 5.88 Å². The molecule has 5 aliphatic carbocycles. The second-order valence-corrected chi connectivity index (χ2v) is 34.3. The minimum absolute atomic E-state index is 0.00146. The van der Waals surface area contributed by atoms with Crippen molar-refractivity contribution in [2.24, 2.45) is 0 Å². The molecule has 616 valence electrons. The molecule has 0 atom stereocenters. The third kappa shape index (κ3) is 13.4. The molecule has 20 aromatic rings. The lowest BCUT2D eigenvalue weighted by atomic mass is 9.83. The van der Waals surface area contributed by atoms with Gasteiger partial charge in [-0.2, -0.15) is 68.6 Å². The van der Waals surface area contributed by atoms with Crippen LogP contribution >= 0.6 is 11.5 Å². The molecule has 25 rings (SSSR count). The Morgan fingerprint density at radius 3 is 1.27 bits per heavy atom. The predicted molar refractivity (Wildman–Crippen MR) is 467 cm³/mol. The van der Waals surface area contributed by atoms with Gasteiger partial charge in [-0.15, -0.1) is 0 Å². The van der Waals surface area contributed by atoms with Crippen molar-refractivity contribution in [3.63, 3.8) is 0 Å². The van der Waals surface area contributed by atoms with Crippen LogP contribution in [0.15, 0.2) is 121 Å². The highest BCUT2D eigenvalue weighted by Crippen LogP contribution is 2.47. The molecule has 15 aromatic heterocycles. The zero-order chi connectivity index (χ0) is 83.4. The Bertz CT molecular complexity index is 7180. The van der Waals surface area contributed by atoms with Gasteiger partial charge in [-0.1, -0.05) is 25.9 Å². The SMILES string of the molecule is CC(C)(C)c1[nH]ncc1-c1nc2ccc3[nH]ncc3c2c2c1CCCC2.Cc1[nH]ncc1-c1nc2ccc3oncc3c2c2c1CCCC2.Cc1[nH]ncc1-c1nc2ccc3sncc3c2c2c1CCCC2.FC(F)(F)c1[nH]ncc1-c1nc2ccc3n[nH]nc3c2c2c1CCCC2.O=COc1[nH]ncc1-c1nc2ccc3[nH]ncc3c2c2c1CCCC2. The molecule has 0 aliphatic heterocycles. The molecular weight excluding hydrogens is 1580 g/mol. The molecule has 0 amide bonds. The zero-order valence-electron chi connectivity index (χ0n) is 68.1. The average molecular weight is 1660 g/mol. The number of benzene rings is 5. The minimum atomic E-state index is -4.51. The maximum Gasteiger partial charge on any atom is 0.433 e. The van der Waals surface area contributed by atoms with E-state index in [1.807, 2.05) is 74.6 Å². The van der Waals surface area contributed by atoms with Crippen LogP contribution in [0.4, 0.5) is 13.2 Å². The average Bonchev–Trinajstić information content (AvgIpc) is 1.72. The first-order chi connectivity index (χ1) is 60.1. The van der Waals surface area contributed by atoms with Gasteiger partial charge < -0.3 is 9.26 Å². The summed E-state index contributed by atoms with van der Waals surface area (Å²) in [5.41, 5.74) is 33.0. The van der Waals surface area contributed by atoms with Gasteiger partial charge in [0, 0.05) is 88.5 Å². The number of pyridine rings is 5. The summed E-state index contributed by atoms with van der Waals surface area (Å²) in [5, 5.41) is 74.4. The number of aryl methyl sites for hydroxylation is 7. The number of halogens is 3. The Morgan fingerprint density at radius 2 is 0.772 bits per heavy atom. The summed E-state index contributed by atoms with van der Waals surface area (Å²) < 4.78 is 56.1. The fourth-order valence-corrected chi connectivity index (χ4v) is 20.2. The molecule has 8 N–H and O–H groups in total. The summed E-state index contributed by atoms with van der Waals surface area (Å²) in [6, 6.07) is 20.0. The summed E-state index contributed by atoms with van der Waals surface area (Å²) in [6.45, 7) is 11.2. The van der Waals surface area contributed by atoms with E-state index in [-0.39, 0.29) is 11.0 Å². The number of carbonyl (C=O) groups is 1. The van der Waals surface area contributed by atoms with Crippen LogP contribution in [-0.2, 0) is 80.6 Å². The molecule has 0 radical (unpaired) electrons. The molecule has 27 nitrogen and oxygen atoms in total. The van der Waals surface area contributed by atoms with Gasteiger partial charge in [0.25, 0.3) is 6.47 Å². The molecule has 0 unspecified atom stereocenters. The molecule has 0 saturated carbocycles. The Morgan fingerprint density at radius 1 is 0.382 bits per heavy atom. The fraction of sp³-hybridized carbons (Fsp3) is 0.293. The number of hydrogen-bond donors (Lipinski definition) is 8. The second-order valence-electron chi connectivity index (χ2n) is 33.5. The Hall–Kier alpha value is -13.8.